The Labute approximate surface area is 103 Å². The monoisotopic (exact) mass is 235 g/mol. The van der Waals surface area contributed by atoms with Gasteiger partial charge < -0.3 is 15.0 Å². The summed E-state index contributed by atoms with van der Waals surface area (Å²) < 4.78 is 5.07. The number of anilines is 1. The summed E-state index contributed by atoms with van der Waals surface area (Å²) in [5.41, 5.74) is 0. The van der Waals surface area contributed by atoms with Gasteiger partial charge >= 0.3 is 0 Å². The van der Waals surface area contributed by atoms with E-state index in [2.05, 4.69) is 15.2 Å². The Morgan fingerprint density at radius 3 is 2.82 bits per heavy atom. The molecule has 0 aliphatic carbocycles. The first-order valence-corrected chi connectivity index (χ1v) is 6.35. The number of methoxy groups -OCH3 is 1. The van der Waals surface area contributed by atoms with Gasteiger partial charge in [-0.15, -0.1) is 0 Å². The summed E-state index contributed by atoms with van der Waals surface area (Å²) >= 11 is 0. The predicted molar refractivity (Wildman–Crippen MR) is 69.6 cm³/mol. The molecule has 0 saturated carbocycles. The van der Waals surface area contributed by atoms with Gasteiger partial charge in [0.2, 0.25) is 0 Å². The molecule has 0 amide bonds. The van der Waals surface area contributed by atoms with Gasteiger partial charge in [0.1, 0.15) is 11.6 Å². The molecule has 0 unspecified atom stereocenters. The van der Waals surface area contributed by atoms with Crippen LogP contribution >= 0.6 is 0 Å². The van der Waals surface area contributed by atoms with E-state index in [0.29, 0.717) is 0 Å². The summed E-state index contributed by atoms with van der Waals surface area (Å²) in [6, 6.07) is 3.88. The molecule has 1 aromatic rings. The van der Waals surface area contributed by atoms with Crippen LogP contribution in [0.1, 0.15) is 19.3 Å². The smallest absolute Gasteiger partial charge is 0.137 e. The first-order chi connectivity index (χ1) is 8.38. The summed E-state index contributed by atoms with van der Waals surface area (Å²) in [6.45, 7) is 4.74. The summed E-state index contributed by atoms with van der Waals surface area (Å²) in [6.07, 6.45) is 5.65. The largest absolute Gasteiger partial charge is 0.495 e. The van der Waals surface area contributed by atoms with Crippen LogP contribution in [-0.4, -0.2) is 43.2 Å². The molecule has 17 heavy (non-hydrogen) atoms. The number of nitrogens with one attached hydrogen (secondary N) is 1. The van der Waals surface area contributed by atoms with E-state index in [9.17, 15) is 0 Å². The van der Waals surface area contributed by atoms with Crippen LogP contribution < -0.4 is 10.1 Å². The van der Waals surface area contributed by atoms with Crippen LogP contribution in [0.2, 0.25) is 0 Å². The molecule has 2 rings (SSSR count). The van der Waals surface area contributed by atoms with Gasteiger partial charge in [-0.2, -0.15) is 0 Å². The Morgan fingerprint density at radius 1 is 1.35 bits per heavy atom. The first kappa shape index (κ1) is 12.2. The van der Waals surface area contributed by atoms with Gasteiger partial charge in [-0.25, -0.2) is 4.98 Å². The maximum Gasteiger partial charge on any atom is 0.137 e. The summed E-state index contributed by atoms with van der Waals surface area (Å²) in [5.74, 6) is 1.72. The van der Waals surface area contributed by atoms with Crippen LogP contribution in [-0.2, 0) is 0 Å². The molecule has 1 N–H and O–H groups in total. The normalized spacial score (nSPS) is 16.1. The minimum atomic E-state index is 0.799. The average molecular weight is 235 g/mol. The molecule has 1 fully saturated rings. The summed E-state index contributed by atoms with van der Waals surface area (Å²) in [4.78, 5) is 6.80. The van der Waals surface area contributed by atoms with Crippen molar-refractivity contribution in [2.45, 2.75) is 19.3 Å². The lowest BCUT2D eigenvalue weighted by Gasteiger charge is -2.14. The zero-order valence-electron chi connectivity index (χ0n) is 10.5. The van der Waals surface area contributed by atoms with Gasteiger partial charge in [0.15, 0.2) is 0 Å². The molecule has 0 bridgehead atoms. The summed E-state index contributed by atoms with van der Waals surface area (Å²) in [7, 11) is 1.65. The number of pyridine rings is 1. The fraction of sp³-hybridized carbons (Fsp3) is 0.615. The minimum Gasteiger partial charge on any atom is -0.495 e. The van der Waals surface area contributed by atoms with E-state index in [1.54, 1.807) is 13.3 Å². The molecular weight excluding hydrogens is 214 g/mol. The van der Waals surface area contributed by atoms with Gasteiger partial charge in [0.25, 0.3) is 0 Å². The molecular formula is C13H21N3O. The third-order valence-electron chi connectivity index (χ3n) is 3.13. The number of hydrogen-bond donors (Lipinski definition) is 1. The van der Waals surface area contributed by atoms with E-state index in [1.165, 1.54) is 38.9 Å². The molecule has 1 aromatic heterocycles. The fourth-order valence-electron chi connectivity index (χ4n) is 2.13. The second kappa shape index (κ2) is 6.45. The lowest BCUT2D eigenvalue weighted by molar-refractivity contribution is 0.337. The zero-order chi connectivity index (χ0) is 11.9. The number of hydrogen-bond acceptors (Lipinski definition) is 4. The van der Waals surface area contributed by atoms with Gasteiger partial charge in [0, 0.05) is 6.54 Å². The van der Waals surface area contributed by atoms with Gasteiger partial charge in [-0.05, 0) is 51.0 Å². The molecule has 0 atom stereocenters. The average Bonchev–Trinajstić information content (AvgIpc) is 2.88. The van der Waals surface area contributed by atoms with E-state index in [0.717, 1.165) is 18.1 Å². The van der Waals surface area contributed by atoms with E-state index >= 15 is 0 Å². The minimum absolute atomic E-state index is 0.799. The van der Waals surface area contributed by atoms with E-state index in [1.807, 2.05) is 12.1 Å². The van der Waals surface area contributed by atoms with Gasteiger partial charge in [0.05, 0.1) is 13.3 Å². The Morgan fingerprint density at radius 2 is 2.18 bits per heavy atom. The van der Waals surface area contributed by atoms with Crippen LogP contribution in [0.4, 0.5) is 5.82 Å². The van der Waals surface area contributed by atoms with Crippen molar-refractivity contribution >= 4 is 5.82 Å². The second-order valence-corrected chi connectivity index (χ2v) is 4.41. The highest BCUT2D eigenvalue weighted by atomic mass is 16.5. The Hall–Kier alpha value is -1.29. The Bertz CT molecular complexity index is 320. The third-order valence-corrected chi connectivity index (χ3v) is 3.13. The topological polar surface area (TPSA) is 37.4 Å². The lowest BCUT2D eigenvalue weighted by Crippen LogP contribution is -2.22. The van der Waals surface area contributed by atoms with Crippen molar-refractivity contribution in [1.29, 1.82) is 0 Å². The first-order valence-electron chi connectivity index (χ1n) is 6.35. The zero-order valence-corrected chi connectivity index (χ0v) is 10.5. The van der Waals surface area contributed by atoms with Crippen molar-refractivity contribution in [3.05, 3.63) is 18.3 Å². The Kier molecular flexibility index (Phi) is 4.62. The lowest BCUT2D eigenvalue weighted by atomic mass is 10.3. The maximum absolute atomic E-state index is 5.07. The van der Waals surface area contributed by atoms with Crippen molar-refractivity contribution < 1.29 is 4.74 Å². The number of likely N-dealkylation sites (tertiary alicyclic amines) is 1. The highest BCUT2D eigenvalue weighted by Crippen LogP contribution is 2.11. The SMILES string of the molecule is COc1ccc(NCCCN2CCCC2)nc1. The standard InChI is InChI=1S/C13H21N3O/c1-17-12-5-6-13(15-11-12)14-7-4-10-16-8-2-3-9-16/h5-6,11H,2-4,7-10H2,1H3,(H,14,15). The maximum atomic E-state index is 5.07. The fourth-order valence-corrected chi connectivity index (χ4v) is 2.13. The van der Waals surface area contributed by atoms with Crippen LogP contribution in [0.3, 0.4) is 0 Å². The number of ether oxygens (including phenoxy) is 1. The molecule has 0 aromatic carbocycles. The molecule has 1 saturated heterocycles. The molecule has 94 valence electrons. The molecule has 1 aliphatic rings. The summed E-state index contributed by atoms with van der Waals surface area (Å²) in [5, 5.41) is 3.33. The van der Waals surface area contributed by atoms with Crippen LogP contribution in [0.5, 0.6) is 5.75 Å². The van der Waals surface area contributed by atoms with Crippen molar-refractivity contribution in [1.82, 2.24) is 9.88 Å². The van der Waals surface area contributed by atoms with Gasteiger partial charge in [-0.3, -0.25) is 0 Å². The van der Waals surface area contributed by atoms with Crippen LogP contribution in [0.25, 0.3) is 0 Å². The van der Waals surface area contributed by atoms with E-state index < -0.39 is 0 Å². The van der Waals surface area contributed by atoms with Crippen molar-refractivity contribution in [2.24, 2.45) is 0 Å². The van der Waals surface area contributed by atoms with Crippen molar-refractivity contribution in [3.63, 3.8) is 0 Å². The van der Waals surface area contributed by atoms with Crippen molar-refractivity contribution in [2.75, 3.05) is 38.6 Å². The molecule has 4 nitrogen and oxygen atoms in total. The predicted octanol–water partition coefficient (Wildman–Crippen LogP) is 1.99. The van der Waals surface area contributed by atoms with Crippen LogP contribution in [0.15, 0.2) is 18.3 Å². The van der Waals surface area contributed by atoms with Crippen molar-refractivity contribution in [3.8, 4) is 5.75 Å². The quantitative estimate of drug-likeness (QED) is 0.765. The number of aromatic nitrogens is 1. The number of rotatable bonds is 6. The molecule has 0 spiro atoms. The highest BCUT2D eigenvalue weighted by molar-refractivity contribution is 5.37. The van der Waals surface area contributed by atoms with E-state index in [-0.39, 0.29) is 0 Å². The molecule has 0 radical (unpaired) electrons. The van der Waals surface area contributed by atoms with Crippen LogP contribution in [0, 0.1) is 0 Å². The van der Waals surface area contributed by atoms with E-state index in [4.69, 9.17) is 4.74 Å². The third kappa shape index (κ3) is 3.89. The number of nitrogens with zero attached hydrogens (tertiary/aromatic N) is 2. The molecule has 2 heterocycles. The van der Waals surface area contributed by atoms with Gasteiger partial charge in [-0.1, -0.05) is 0 Å². The second-order valence-electron chi connectivity index (χ2n) is 4.41. The Balaban J connectivity index is 1.63. The molecule has 4 heteroatoms. The molecule has 1 aliphatic heterocycles. The highest BCUT2D eigenvalue weighted by Gasteiger charge is 2.09.